The Morgan fingerprint density at radius 1 is 1.05 bits per heavy atom. The van der Waals surface area contributed by atoms with Gasteiger partial charge in [0.25, 0.3) is 5.91 Å². The van der Waals surface area contributed by atoms with Crippen molar-refractivity contribution in [1.82, 2.24) is 0 Å². The molecule has 0 fully saturated rings. The summed E-state index contributed by atoms with van der Waals surface area (Å²) in [7, 11) is 1.57. The van der Waals surface area contributed by atoms with Crippen LogP contribution in [-0.2, 0) is 10.3 Å². The Kier molecular flexibility index (Phi) is 3.16. The summed E-state index contributed by atoms with van der Waals surface area (Å²) in [6, 6.07) is 15.2. The lowest BCUT2D eigenvalue weighted by Crippen LogP contribution is -2.53. The number of carbonyl (C=O) groups excluding carboxylic acids is 2. The molecule has 0 aromatic heterocycles. The second-order valence-corrected chi connectivity index (χ2v) is 4.98. The lowest BCUT2D eigenvalue weighted by atomic mass is 9.78. The number of anilines is 1. The molecule has 1 aliphatic rings. The highest BCUT2D eigenvalue weighted by Crippen LogP contribution is 2.40. The molecular formula is C16H12N4O2. The SMILES string of the molecule is CN1C(=O)C(N=[N+]=[N-])(c2ccccc2)C(=O)c2ccccc21. The summed E-state index contributed by atoms with van der Waals surface area (Å²) < 4.78 is 0. The predicted molar refractivity (Wildman–Crippen MR) is 81.4 cm³/mol. The predicted octanol–water partition coefficient (Wildman–Crippen LogP) is 3.05. The molecule has 0 saturated carbocycles. The Balaban J connectivity index is 2.35. The van der Waals surface area contributed by atoms with Gasteiger partial charge in [0.1, 0.15) is 0 Å². The van der Waals surface area contributed by atoms with Crippen molar-refractivity contribution < 1.29 is 9.59 Å². The number of ketones is 1. The topological polar surface area (TPSA) is 86.1 Å². The number of Topliss-reactive ketones (excluding diaryl/α,β-unsaturated/α-hetero) is 1. The molecule has 2 aromatic rings. The standard InChI is InChI=1S/C16H12N4O2/c1-20-13-10-6-5-9-12(13)14(21)16(15(20)22,18-19-17)11-7-3-2-4-8-11/h2-10H,1H3. The molecule has 3 rings (SSSR count). The molecule has 0 radical (unpaired) electrons. The first kappa shape index (κ1) is 13.9. The number of amides is 1. The van der Waals surface area contributed by atoms with E-state index in [0.717, 1.165) is 0 Å². The van der Waals surface area contributed by atoms with Crippen molar-refractivity contribution in [2.45, 2.75) is 5.54 Å². The number of azide groups is 1. The van der Waals surface area contributed by atoms with E-state index in [0.29, 0.717) is 16.8 Å². The summed E-state index contributed by atoms with van der Waals surface area (Å²) in [5.74, 6) is -1.06. The van der Waals surface area contributed by atoms with Crippen molar-refractivity contribution in [2.24, 2.45) is 5.11 Å². The molecule has 0 saturated heterocycles. The second-order valence-electron chi connectivity index (χ2n) is 4.98. The number of carbonyl (C=O) groups is 2. The molecule has 0 bridgehead atoms. The van der Waals surface area contributed by atoms with Crippen molar-refractivity contribution in [2.75, 3.05) is 11.9 Å². The van der Waals surface area contributed by atoms with E-state index in [-0.39, 0.29) is 0 Å². The van der Waals surface area contributed by atoms with Crippen LogP contribution in [0.1, 0.15) is 15.9 Å². The van der Waals surface area contributed by atoms with E-state index >= 15 is 0 Å². The largest absolute Gasteiger partial charge is 0.313 e. The highest BCUT2D eigenvalue weighted by Gasteiger charge is 2.53. The van der Waals surface area contributed by atoms with Crippen molar-refractivity contribution in [3.8, 4) is 0 Å². The van der Waals surface area contributed by atoms with E-state index in [1.807, 2.05) is 0 Å². The Morgan fingerprint density at radius 2 is 1.68 bits per heavy atom. The zero-order valence-electron chi connectivity index (χ0n) is 11.8. The summed E-state index contributed by atoms with van der Waals surface area (Å²) in [5.41, 5.74) is 8.30. The quantitative estimate of drug-likeness (QED) is 0.368. The van der Waals surface area contributed by atoms with E-state index in [4.69, 9.17) is 5.53 Å². The third kappa shape index (κ3) is 1.71. The first-order valence-corrected chi connectivity index (χ1v) is 6.66. The lowest BCUT2D eigenvalue weighted by molar-refractivity contribution is -0.122. The number of fused-ring (bicyclic) bond motifs is 1. The highest BCUT2D eigenvalue weighted by atomic mass is 16.2. The molecule has 1 amide bonds. The molecular weight excluding hydrogens is 280 g/mol. The first-order chi connectivity index (χ1) is 10.6. The number of para-hydroxylation sites is 1. The summed E-state index contributed by atoms with van der Waals surface area (Å²) >= 11 is 0. The van der Waals surface area contributed by atoms with E-state index in [1.165, 1.54) is 4.90 Å². The fourth-order valence-electron chi connectivity index (χ4n) is 2.75. The van der Waals surface area contributed by atoms with E-state index in [1.54, 1.807) is 61.6 Å². The first-order valence-electron chi connectivity index (χ1n) is 6.66. The van der Waals surface area contributed by atoms with Gasteiger partial charge in [0, 0.05) is 17.5 Å². The fraction of sp³-hybridized carbons (Fsp3) is 0.125. The smallest absolute Gasteiger partial charge is 0.251 e. The van der Waals surface area contributed by atoms with E-state index in [9.17, 15) is 9.59 Å². The molecule has 0 spiro atoms. The Bertz CT molecular complexity index is 812. The van der Waals surface area contributed by atoms with Crippen LogP contribution < -0.4 is 4.90 Å². The minimum Gasteiger partial charge on any atom is -0.313 e. The van der Waals surface area contributed by atoms with Gasteiger partial charge in [-0.15, -0.1) is 0 Å². The summed E-state index contributed by atoms with van der Waals surface area (Å²) in [5, 5.41) is 3.64. The fourth-order valence-corrected chi connectivity index (χ4v) is 2.75. The Morgan fingerprint density at radius 3 is 2.36 bits per heavy atom. The zero-order chi connectivity index (χ0) is 15.7. The van der Waals surface area contributed by atoms with Gasteiger partial charge >= 0.3 is 0 Å². The summed E-state index contributed by atoms with van der Waals surface area (Å²) in [6.45, 7) is 0. The molecule has 0 aliphatic carbocycles. The minimum atomic E-state index is -1.89. The van der Waals surface area contributed by atoms with Crippen molar-refractivity contribution in [3.63, 3.8) is 0 Å². The molecule has 1 unspecified atom stereocenters. The highest BCUT2D eigenvalue weighted by molar-refractivity contribution is 6.28. The minimum absolute atomic E-state index is 0.362. The van der Waals surface area contributed by atoms with Crippen LogP contribution in [0.5, 0.6) is 0 Å². The zero-order valence-corrected chi connectivity index (χ0v) is 11.8. The van der Waals surface area contributed by atoms with Crippen molar-refractivity contribution in [1.29, 1.82) is 0 Å². The van der Waals surface area contributed by atoms with Crippen LogP contribution in [0.25, 0.3) is 10.4 Å². The second kappa shape index (κ2) is 5.02. The number of rotatable bonds is 2. The molecule has 1 heterocycles. The van der Waals surface area contributed by atoms with Gasteiger partial charge in [-0.05, 0) is 23.2 Å². The number of benzene rings is 2. The maximum absolute atomic E-state index is 13.0. The maximum Gasteiger partial charge on any atom is 0.251 e. The van der Waals surface area contributed by atoms with Crippen LogP contribution in [0, 0.1) is 0 Å². The number of hydrogen-bond acceptors (Lipinski definition) is 3. The molecule has 108 valence electrons. The van der Waals surface area contributed by atoms with Crippen molar-refractivity contribution in [3.05, 3.63) is 76.2 Å². The van der Waals surface area contributed by atoms with Crippen LogP contribution in [0.15, 0.2) is 59.7 Å². The van der Waals surface area contributed by atoms with E-state index < -0.39 is 17.2 Å². The van der Waals surface area contributed by atoms with Gasteiger partial charge < -0.3 is 4.90 Å². The van der Waals surface area contributed by atoms with Crippen LogP contribution in [0.2, 0.25) is 0 Å². The van der Waals surface area contributed by atoms with Crippen LogP contribution in [0.3, 0.4) is 0 Å². The number of likely N-dealkylation sites (N-methyl/N-ethyl adjacent to an activating group) is 1. The van der Waals surface area contributed by atoms with Gasteiger partial charge in [-0.25, -0.2) is 0 Å². The molecule has 1 aliphatic heterocycles. The van der Waals surface area contributed by atoms with Gasteiger partial charge in [0.05, 0.1) is 5.69 Å². The lowest BCUT2D eigenvalue weighted by Gasteiger charge is -2.37. The van der Waals surface area contributed by atoms with E-state index in [2.05, 4.69) is 10.0 Å². The monoisotopic (exact) mass is 292 g/mol. The van der Waals surface area contributed by atoms with Crippen LogP contribution >= 0.6 is 0 Å². The molecule has 2 aromatic carbocycles. The van der Waals surface area contributed by atoms with Gasteiger partial charge in [-0.3, -0.25) is 9.59 Å². The average Bonchev–Trinajstić information content (AvgIpc) is 2.57. The van der Waals surface area contributed by atoms with Crippen LogP contribution in [0.4, 0.5) is 5.69 Å². The number of hydrogen-bond donors (Lipinski definition) is 0. The van der Waals surface area contributed by atoms with Gasteiger partial charge in [0.15, 0.2) is 5.78 Å². The molecule has 22 heavy (non-hydrogen) atoms. The van der Waals surface area contributed by atoms with Crippen molar-refractivity contribution >= 4 is 17.4 Å². The Labute approximate surface area is 126 Å². The maximum atomic E-state index is 13.0. The average molecular weight is 292 g/mol. The third-order valence-electron chi connectivity index (χ3n) is 3.84. The van der Waals surface area contributed by atoms with Crippen LogP contribution in [-0.4, -0.2) is 18.7 Å². The molecule has 1 atom stereocenters. The van der Waals surface area contributed by atoms with Gasteiger partial charge in [-0.1, -0.05) is 47.6 Å². The van der Waals surface area contributed by atoms with Gasteiger partial charge in [-0.2, -0.15) is 0 Å². The summed E-state index contributed by atoms with van der Waals surface area (Å²) in [6.07, 6.45) is 0. The third-order valence-corrected chi connectivity index (χ3v) is 3.84. The Hall–Kier alpha value is -3.11. The normalized spacial score (nSPS) is 20.3. The summed E-state index contributed by atoms with van der Waals surface area (Å²) in [4.78, 5) is 30.0. The molecule has 0 N–H and O–H groups in total. The molecule has 6 heteroatoms. The number of nitrogens with zero attached hydrogens (tertiary/aromatic N) is 4. The van der Waals surface area contributed by atoms with Gasteiger partial charge in [0.2, 0.25) is 5.54 Å². The molecule has 6 nitrogen and oxygen atoms in total.